The van der Waals surface area contributed by atoms with Crippen molar-refractivity contribution in [1.82, 2.24) is 21.1 Å². The molecule has 11 nitrogen and oxygen atoms in total. The van der Waals surface area contributed by atoms with Gasteiger partial charge in [-0.1, -0.05) is 52.8 Å². The minimum Gasteiger partial charge on any atom is -0.543 e. The van der Waals surface area contributed by atoms with Gasteiger partial charge in [-0.05, 0) is 81.8 Å². The third kappa shape index (κ3) is 12.1. The van der Waals surface area contributed by atoms with Crippen LogP contribution in [0.25, 0.3) is 0 Å². The summed E-state index contributed by atoms with van der Waals surface area (Å²) in [6, 6.07) is 4.88. The van der Waals surface area contributed by atoms with Crippen molar-refractivity contribution in [3.8, 4) is 5.75 Å². The predicted molar refractivity (Wildman–Crippen MR) is 182 cm³/mol. The molecule has 1 aromatic carbocycles. The lowest BCUT2D eigenvalue weighted by Crippen LogP contribution is -2.62. The number of esters is 1. The summed E-state index contributed by atoms with van der Waals surface area (Å²) < 4.78 is 17.2. The van der Waals surface area contributed by atoms with E-state index in [1.165, 1.54) is 5.01 Å². The van der Waals surface area contributed by atoms with Crippen molar-refractivity contribution in [3.05, 3.63) is 42.5 Å². The first-order valence-electron chi connectivity index (χ1n) is 16.2. The number of hydrogen-bond acceptors (Lipinski definition) is 8. The third-order valence-corrected chi connectivity index (χ3v) is 12.4. The Bertz CT molecular complexity index is 1220. The van der Waals surface area contributed by atoms with Crippen LogP contribution in [0.4, 0.5) is 4.79 Å². The molecule has 46 heavy (non-hydrogen) atoms. The molecule has 1 fully saturated rings. The van der Waals surface area contributed by atoms with Gasteiger partial charge in [0.2, 0.25) is 14.2 Å². The van der Waals surface area contributed by atoms with Gasteiger partial charge in [0.25, 0.3) is 5.91 Å². The molecule has 1 heterocycles. The molecule has 0 radical (unpaired) electrons. The molecule has 3 N–H and O–H groups in total. The first-order chi connectivity index (χ1) is 21.2. The molecule has 0 spiro atoms. The average molecular weight is 661 g/mol. The maximum Gasteiger partial charge on any atom is 0.408 e. The molecule has 12 heteroatoms. The molecule has 0 aromatic heterocycles. The zero-order valence-electron chi connectivity index (χ0n) is 29.5. The SMILES string of the molecule is C=CCCOC(=O)[C@@H]1CCCN(C(=O)[C@H](Cc2cccc(O[Si](C)(C)C(C)(C)C)c2)NC(=O)[C@@H](NC(=O)OC(C)(C)C)C(C)C)N1. The zero-order valence-corrected chi connectivity index (χ0v) is 30.5. The Kier molecular flexibility index (Phi) is 13.9. The zero-order chi connectivity index (χ0) is 34.9. The fraction of sp³-hybridized carbons (Fsp3) is 0.647. The minimum absolute atomic E-state index is 0.00815. The van der Waals surface area contributed by atoms with E-state index in [4.69, 9.17) is 13.9 Å². The fourth-order valence-electron chi connectivity index (χ4n) is 4.50. The minimum atomic E-state index is -2.13. The van der Waals surface area contributed by atoms with Crippen molar-refractivity contribution in [2.24, 2.45) is 5.92 Å². The summed E-state index contributed by atoms with van der Waals surface area (Å²) in [6.45, 7) is 23.8. The summed E-state index contributed by atoms with van der Waals surface area (Å²) in [5, 5.41) is 6.93. The second-order valence-electron chi connectivity index (χ2n) is 14.7. The Morgan fingerprint density at radius 3 is 2.37 bits per heavy atom. The maximum absolute atomic E-state index is 14.1. The largest absolute Gasteiger partial charge is 0.543 e. The van der Waals surface area contributed by atoms with E-state index in [0.29, 0.717) is 31.6 Å². The monoisotopic (exact) mass is 660 g/mol. The van der Waals surface area contributed by atoms with E-state index in [1.54, 1.807) is 40.7 Å². The highest BCUT2D eigenvalue weighted by atomic mass is 28.4. The number of carbonyl (C=O) groups is 4. The number of nitrogens with zero attached hydrogens (tertiary/aromatic N) is 1. The number of hydrazine groups is 1. The molecule has 1 saturated heterocycles. The Morgan fingerprint density at radius 2 is 1.78 bits per heavy atom. The van der Waals surface area contributed by atoms with E-state index >= 15 is 0 Å². The van der Waals surface area contributed by atoms with Gasteiger partial charge < -0.3 is 24.5 Å². The topological polar surface area (TPSA) is 135 Å². The van der Waals surface area contributed by atoms with Crippen LogP contribution < -0.4 is 20.5 Å². The van der Waals surface area contributed by atoms with Gasteiger partial charge in [0, 0.05) is 13.0 Å². The Morgan fingerprint density at radius 1 is 1.11 bits per heavy atom. The molecule has 258 valence electrons. The number of nitrogens with one attached hydrogen (secondary N) is 3. The van der Waals surface area contributed by atoms with Crippen LogP contribution in [0.2, 0.25) is 18.1 Å². The molecule has 0 unspecified atom stereocenters. The number of rotatable bonds is 13. The second-order valence-corrected chi connectivity index (χ2v) is 19.4. The number of hydrogen-bond donors (Lipinski definition) is 3. The molecular weight excluding hydrogens is 604 g/mol. The Hall–Kier alpha value is -3.38. The summed E-state index contributed by atoms with van der Waals surface area (Å²) in [5.41, 5.74) is 3.05. The van der Waals surface area contributed by atoms with E-state index in [2.05, 4.69) is 56.5 Å². The molecule has 3 atom stereocenters. The molecule has 0 saturated carbocycles. The Labute approximate surface area is 276 Å². The van der Waals surface area contributed by atoms with Crippen LogP contribution in [0.15, 0.2) is 36.9 Å². The predicted octanol–water partition coefficient (Wildman–Crippen LogP) is 5.26. The highest BCUT2D eigenvalue weighted by molar-refractivity contribution is 6.74. The first-order valence-corrected chi connectivity index (χ1v) is 19.1. The normalized spacial score (nSPS) is 17.0. The van der Waals surface area contributed by atoms with Crippen molar-refractivity contribution in [2.45, 2.75) is 123 Å². The Balaban J connectivity index is 2.35. The number of benzene rings is 1. The van der Waals surface area contributed by atoms with E-state index in [-0.39, 0.29) is 24.0 Å². The van der Waals surface area contributed by atoms with Gasteiger partial charge >= 0.3 is 12.1 Å². The summed E-state index contributed by atoms with van der Waals surface area (Å²) in [7, 11) is -2.13. The highest BCUT2D eigenvalue weighted by Gasteiger charge is 2.39. The van der Waals surface area contributed by atoms with Crippen molar-refractivity contribution < 1.29 is 33.1 Å². The number of alkyl carbamates (subject to hydrolysis) is 1. The molecule has 3 amide bonds. The molecular formula is C34H56N4O7Si. The number of amides is 3. The van der Waals surface area contributed by atoms with E-state index < -0.39 is 55.9 Å². The summed E-state index contributed by atoms with van der Waals surface area (Å²) >= 11 is 0. The van der Waals surface area contributed by atoms with Gasteiger partial charge in [-0.25, -0.2) is 10.2 Å². The van der Waals surface area contributed by atoms with Crippen LogP contribution in [-0.2, 0) is 30.3 Å². The fourth-order valence-corrected chi connectivity index (χ4v) is 5.52. The highest BCUT2D eigenvalue weighted by Crippen LogP contribution is 2.37. The van der Waals surface area contributed by atoms with Crippen molar-refractivity contribution >= 4 is 32.2 Å². The standard InChI is InChI=1S/C34H56N4O7Si/c1-12-13-20-43-31(41)26-18-15-19-38(37-26)30(40)27(35-29(39)28(23(2)3)36-32(42)44-33(4,5)6)22-24-16-14-17-25(21-24)45-46(10,11)34(7,8)9/h12,14,16-17,21,23,26-28,37H,1,13,15,18-20,22H2,2-11H3,(H,35,39)(H,36,42)/t26-,27-,28-/m0/s1. The molecule has 0 bridgehead atoms. The van der Waals surface area contributed by atoms with Crippen LogP contribution in [0.3, 0.4) is 0 Å². The lowest BCUT2D eigenvalue weighted by atomic mass is 10.0. The van der Waals surface area contributed by atoms with E-state index in [1.807, 2.05) is 24.3 Å². The van der Waals surface area contributed by atoms with Crippen LogP contribution in [0, 0.1) is 5.92 Å². The summed E-state index contributed by atoms with van der Waals surface area (Å²) in [4.78, 5) is 53.0. The van der Waals surface area contributed by atoms with Gasteiger partial charge in [0.15, 0.2) is 0 Å². The summed E-state index contributed by atoms with van der Waals surface area (Å²) in [5.74, 6) is -0.978. The molecule has 0 aliphatic carbocycles. The molecule has 1 aliphatic rings. The van der Waals surface area contributed by atoms with Crippen LogP contribution in [-0.4, -0.2) is 74.1 Å². The van der Waals surface area contributed by atoms with Gasteiger partial charge in [-0.2, -0.15) is 0 Å². The van der Waals surface area contributed by atoms with Gasteiger partial charge in [-0.3, -0.25) is 19.4 Å². The second kappa shape index (κ2) is 16.4. The van der Waals surface area contributed by atoms with E-state index in [0.717, 1.165) is 5.56 Å². The third-order valence-electron chi connectivity index (χ3n) is 8.06. The van der Waals surface area contributed by atoms with E-state index in [9.17, 15) is 19.2 Å². The average Bonchev–Trinajstić information content (AvgIpc) is 2.93. The van der Waals surface area contributed by atoms with Crippen molar-refractivity contribution in [3.63, 3.8) is 0 Å². The molecule has 1 aromatic rings. The van der Waals surface area contributed by atoms with Crippen LogP contribution in [0.1, 0.15) is 80.2 Å². The lowest BCUT2D eigenvalue weighted by molar-refractivity contribution is -0.153. The summed E-state index contributed by atoms with van der Waals surface area (Å²) in [6.07, 6.45) is 2.71. The van der Waals surface area contributed by atoms with Gasteiger partial charge in [-0.15, -0.1) is 6.58 Å². The number of ether oxygens (including phenoxy) is 2. The van der Waals surface area contributed by atoms with Gasteiger partial charge in [0.05, 0.1) is 6.61 Å². The van der Waals surface area contributed by atoms with Crippen LogP contribution >= 0.6 is 0 Å². The number of carbonyl (C=O) groups excluding carboxylic acids is 4. The first kappa shape index (κ1) is 38.8. The lowest BCUT2D eigenvalue weighted by Gasteiger charge is -2.36. The maximum atomic E-state index is 14.1. The van der Waals surface area contributed by atoms with Gasteiger partial charge in [0.1, 0.15) is 29.5 Å². The van der Waals surface area contributed by atoms with Crippen LogP contribution in [0.5, 0.6) is 5.75 Å². The molecule has 1 aliphatic heterocycles. The molecule has 2 rings (SSSR count). The quantitative estimate of drug-likeness (QED) is 0.113. The van der Waals surface area contributed by atoms with Crippen molar-refractivity contribution in [1.29, 1.82) is 0 Å². The van der Waals surface area contributed by atoms with Crippen molar-refractivity contribution in [2.75, 3.05) is 13.2 Å². The smallest absolute Gasteiger partial charge is 0.408 e.